The molecule has 0 radical (unpaired) electrons. The molecular formula is C18H19ClN2O4S. The topological polar surface area (TPSA) is 75.7 Å². The fourth-order valence-corrected chi connectivity index (χ4v) is 3.84. The van der Waals surface area contributed by atoms with Gasteiger partial charge in [-0.15, -0.1) is 0 Å². The van der Waals surface area contributed by atoms with Gasteiger partial charge in [0.05, 0.1) is 18.5 Å². The number of fused-ring (bicyclic) bond motifs is 1. The van der Waals surface area contributed by atoms with Crippen LogP contribution in [0, 0.1) is 0 Å². The summed E-state index contributed by atoms with van der Waals surface area (Å²) in [5, 5.41) is 3.20. The van der Waals surface area contributed by atoms with E-state index in [-0.39, 0.29) is 12.5 Å². The number of carbonyl (C=O) groups is 1. The van der Waals surface area contributed by atoms with Gasteiger partial charge in [0.25, 0.3) is 5.91 Å². The van der Waals surface area contributed by atoms with Gasteiger partial charge in [0.2, 0.25) is 10.0 Å². The second-order valence-corrected chi connectivity index (χ2v) is 8.38. The Morgan fingerprint density at radius 2 is 2.00 bits per heavy atom. The van der Waals surface area contributed by atoms with Gasteiger partial charge in [-0.25, -0.2) is 8.42 Å². The molecule has 0 aliphatic carbocycles. The molecule has 0 unspecified atom stereocenters. The maximum Gasteiger partial charge on any atom is 0.263 e. The Balaban J connectivity index is 1.70. The first-order valence-corrected chi connectivity index (χ1v) is 10.3. The predicted molar refractivity (Wildman–Crippen MR) is 101 cm³/mol. The van der Waals surface area contributed by atoms with Crippen molar-refractivity contribution in [3.8, 4) is 5.75 Å². The highest BCUT2D eigenvalue weighted by molar-refractivity contribution is 7.92. The van der Waals surface area contributed by atoms with E-state index in [4.69, 9.17) is 16.3 Å². The molecule has 26 heavy (non-hydrogen) atoms. The Bertz CT molecular complexity index is 903. The van der Waals surface area contributed by atoms with Crippen LogP contribution < -0.4 is 14.4 Å². The van der Waals surface area contributed by atoms with Gasteiger partial charge in [-0.05, 0) is 30.2 Å². The Morgan fingerprint density at radius 3 is 2.69 bits per heavy atom. The summed E-state index contributed by atoms with van der Waals surface area (Å²) in [7, 11) is -3.57. The number of nitrogens with zero attached hydrogens (tertiary/aromatic N) is 1. The van der Waals surface area contributed by atoms with E-state index in [0.717, 1.165) is 16.1 Å². The zero-order valence-electron chi connectivity index (χ0n) is 14.2. The lowest BCUT2D eigenvalue weighted by Crippen LogP contribution is -2.50. The number of halogens is 1. The van der Waals surface area contributed by atoms with E-state index in [0.29, 0.717) is 29.4 Å². The normalized spacial score (nSPS) is 16.5. The molecule has 1 amide bonds. The maximum absolute atomic E-state index is 12.5. The third kappa shape index (κ3) is 4.28. The molecule has 2 aromatic rings. The SMILES string of the molecule is CS(=O)(=O)N1C[C@@H](C(=O)NCCc2ccccc2)Oc2ccc(Cl)cc21. The molecule has 0 aromatic heterocycles. The molecule has 0 spiro atoms. The summed E-state index contributed by atoms with van der Waals surface area (Å²) in [6.07, 6.45) is 0.850. The van der Waals surface area contributed by atoms with Crippen LogP contribution in [0.1, 0.15) is 5.56 Å². The zero-order chi connectivity index (χ0) is 18.7. The van der Waals surface area contributed by atoms with Crippen molar-refractivity contribution in [3.63, 3.8) is 0 Å². The molecule has 138 valence electrons. The number of nitrogens with one attached hydrogen (secondary N) is 1. The van der Waals surface area contributed by atoms with E-state index in [9.17, 15) is 13.2 Å². The maximum atomic E-state index is 12.5. The zero-order valence-corrected chi connectivity index (χ0v) is 15.8. The van der Waals surface area contributed by atoms with Crippen LogP contribution in [-0.4, -0.2) is 39.8 Å². The van der Waals surface area contributed by atoms with Gasteiger partial charge in [0.1, 0.15) is 5.75 Å². The van der Waals surface area contributed by atoms with Crippen molar-refractivity contribution in [1.29, 1.82) is 0 Å². The van der Waals surface area contributed by atoms with Crippen LogP contribution >= 0.6 is 11.6 Å². The van der Waals surface area contributed by atoms with Crippen LogP contribution in [0.5, 0.6) is 5.75 Å². The van der Waals surface area contributed by atoms with E-state index >= 15 is 0 Å². The van der Waals surface area contributed by atoms with E-state index in [1.165, 1.54) is 6.07 Å². The van der Waals surface area contributed by atoms with Crippen LogP contribution in [0.25, 0.3) is 0 Å². The first-order valence-electron chi connectivity index (χ1n) is 8.10. The molecule has 0 saturated heterocycles. The number of amides is 1. The number of hydrogen-bond donors (Lipinski definition) is 1. The number of sulfonamides is 1. The molecule has 2 aromatic carbocycles. The van der Waals surface area contributed by atoms with Crippen LogP contribution in [0.3, 0.4) is 0 Å². The highest BCUT2D eigenvalue weighted by Crippen LogP contribution is 2.37. The third-order valence-corrected chi connectivity index (χ3v) is 5.42. The lowest BCUT2D eigenvalue weighted by atomic mass is 10.1. The lowest BCUT2D eigenvalue weighted by Gasteiger charge is -2.34. The van der Waals surface area contributed by atoms with E-state index in [1.54, 1.807) is 12.1 Å². The Kier molecular flexibility index (Phi) is 5.38. The smallest absolute Gasteiger partial charge is 0.263 e. The minimum atomic E-state index is -3.57. The molecule has 1 aliphatic heterocycles. The molecule has 0 fully saturated rings. The van der Waals surface area contributed by atoms with Gasteiger partial charge in [0, 0.05) is 11.6 Å². The summed E-state index contributed by atoms with van der Waals surface area (Å²) in [5.41, 5.74) is 1.45. The highest BCUT2D eigenvalue weighted by atomic mass is 35.5. The van der Waals surface area contributed by atoms with Gasteiger partial charge in [-0.2, -0.15) is 0 Å². The molecule has 0 saturated carbocycles. The molecule has 8 heteroatoms. The summed E-state index contributed by atoms with van der Waals surface area (Å²) in [6.45, 7) is 0.346. The Labute approximate surface area is 157 Å². The fourth-order valence-electron chi connectivity index (χ4n) is 2.76. The molecule has 1 atom stereocenters. The standard InChI is InChI=1S/C18H19ClN2O4S/c1-26(23,24)21-12-17(25-16-8-7-14(19)11-15(16)21)18(22)20-10-9-13-5-3-2-4-6-13/h2-8,11,17H,9-10,12H2,1H3,(H,20,22)/t17-/m0/s1. The van der Waals surface area contributed by atoms with Gasteiger partial charge in [-0.1, -0.05) is 41.9 Å². The van der Waals surface area contributed by atoms with Crippen molar-refractivity contribution in [1.82, 2.24) is 5.32 Å². The highest BCUT2D eigenvalue weighted by Gasteiger charge is 2.35. The van der Waals surface area contributed by atoms with E-state index in [2.05, 4.69) is 5.32 Å². The average Bonchev–Trinajstić information content (AvgIpc) is 2.60. The quantitative estimate of drug-likeness (QED) is 0.843. The summed E-state index contributed by atoms with van der Waals surface area (Å²) in [5.74, 6) is -0.0375. The molecule has 1 N–H and O–H groups in total. The summed E-state index contributed by atoms with van der Waals surface area (Å²) >= 11 is 5.96. The minimum Gasteiger partial charge on any atom is -0.476 e. The largest absolute Gasteiger partial charge is 0.476 e. The number of ether oxygens (including phenoxy) is 1. The van der Waals surface area contributed by atoms with Crippen LogP contribution in [0.4, 0.5) is 5.69 Å². The Morgan fingerprint density at radius 1 is 1.27 bits per heavy atom. The fraction of sp³-hybridized carbons (Fsp3) is 0.278. The minimum absolute atomic E-state index is 0.0939. The number of anilines is 1. The van der Waals surface area contributed by atoms with Crippen LogP contribution in [-0.2, 0) is 21.2 Å². The first-order chi connectivity index (χ1) is 12.3. The number of hydrogen-bond acceptors (Lipinski definition) is 4. The van der Waals surface area contributed by atoms with Crippen LogP contribution in [0.2, 0.25) is 5.02 Å². The average molecular weight is 395 g/mol. The number of rotatable bonds is 5. The van der Waals surface area contributed by atoms with Crippen molar-refractivity contribution in [2.75, 3.05) is 23.7 Å². The van der Waals surface area contributed by atoms with Crippen LogP contribution in [0.15, 0.2) is 48.5 Å². The molecule has 1 aliphatic rings. The van der Waals surface area contributed by atoms with Crippen molar-refractivity contribution in [2.45, 2.75) is 12.5 Å². The van der Waals surface area contributed by atoms with Crippen molar-refractivity contribution < 1.29 is 17.9 Å². The first kappa shape index (κ1) is 18.5. The number of carbonyl (C=O) groups excluding carboxylic acids is 1. The summed E-state index contributed by atoms with van der Waals surface area (Å²) in [6, 6.07) is 14.4. The lowest BCUT2D eigenvalue weighted by molar-refractivity contribution is -0.127. The van der Waals surface area contributed by atoms with Crippen molar-refractivity contribution in [2.24, 2.45) is 0 Å². The monoisotopic (exact) mass is 394 g/mol. The van der Waals surface area contributed by atoms with Gasteiger partial charge in [0.15, 0.2) is 6.10 Å². The van der Waals surface area contributed by atoms with E-state index < -0.39 is 16.1 Å². The molecular weight excluding hydrogens is 376 g/mol. The summed E-state index contributed by atoms with van der Waals surface area (Å²) in [4.78, 5) is 12.5. The molecule has 1 heterocycles. The second-order valence-electron chi connectivity index (χ2n) is 6.04. The molecule has 0 bridgehead atoms. The van der Waals surface area contributed by atoms with Gasteiger partial charge < -0.3 is 10.1 Å². The second kappa shape index (κ2) is 7.55. The molecule has 6 nitrogen and oxygen atoms in total. The summed E-state index contributed by atoms with van der Waals surface area (Å²) < 4.78 is 31.1. The molecule has 3 rings (SSSR count). The predicted octanol–water partition coefficient (Wildman–Crippen LogP) is 2.23. The van der Waals surface area contributed by atoms with Gasteiger partial charge in [-0.3, -0.25) is 9.10 Å². The Hall–Kier alpha value is -2.25. The van der Waals surface area contributed by atoms with Gasteiger partial charge >= 0.3 is 0 Å². The van der Waals surface area contributed by atoms with Crippen molar-refractivity contribution in [3.05, 3.63) is 59.1 Å². The third-order valence-electron chi connectivity index (χ3n) is 4.04. The van der Waals surface area contributed by atoms with E-state index in [1.807, 2.05) is 30.3 Å². The van der Waals surface area contributed by atoms with Crippen molar-refractivity contribution >= 4 is 33.2 Å². The number of benzene rings is 2.